The summed E-state index contributed by atoms with van der Waals surface area (Å²) >= 11 is 0. The van der Waals surface area contributed by atoms with Gasteiger partial charge >= 0.3 is 0 Å². The van der Waals surface area contributed by atoms with E-state index in [2.05, 4.69) is 0 Å². The Morgan fingerprint density at radius 3 is 2.48 bits per heavy atom. The zero-order valence-electron chi connectivity index (χ0n) is 13.9. The highest BCUT2D eigenvalue weighted by Gasteiger charge is 2.36. The van der Waals surface area contributed by atoms with Crippen LogP contribution >= 0.6 is 0 Å². The van der Waals surface area contributed by atoms with E-state index >= 15 is 0 Å². The molecule has 3 rings (SSSR count). The standard InChI is InChI=1S/C18H16O7/c1-8-13(23-2)7-16-17(18(8)22)12(21)6-14(25-16)9-4-11(20)15(24-3)5-10(9)19/h4-5,7,14,22H,6H2,1-3H3/t14-/m1/s1. The normalized spacial score (nSPS) is 19.6. The number of rotatable bonds is 3. The first-order valence-corrected chi connectivity index (χ1v) is 7.53. The number of aromatic hydroxyl groups is 1. The molecule has 0 bridgehead atoms. The summed E-state index contributed by atoms with van der Waals surface area (Å²) in [7, 11) is 2.73. The summed E-state index contributed by atoms with van der Waals surface area (Å²) in [5, 5.41) is 10.2. The average Bonchev–Trinajstić information content (AvgIpc) is 2.59. The maximum absolute atomic E-state index is 12.5. The molecular weight excluding hydrogens is 328 g/mol. The predicted molar refractivity (Wildman–Crippen MR) is 85.9 cm³/mol. The van der Waals surface area contributed by atoms with Crippen molar-refractivity contribution in [2.45, 2.75) is 19.4 Å². The van der Waals surface area contributed by atoms with Gasteiger partial charge in [0, 0.05) is 29.4 Å². The van der Waals surface area contributed by atoms with Gasteiger partial charge in [-0.05, 0) is 6.92 Å². The van der Waals surface area contributed by atoms with Crippen molar-refractivity contribution in [3.8, 4) is 17.2 Å². The fourth-order valence-corrected chi connectivity index (χ4v) is 2.90. The van der Waals surface area contributed by atoms with E-state index in [4.69, 9.17) is 14.2 Å². The van der Waals surface area contributed by atoms with Crippen LogP contribution in [0.15, 0.2) is 29.6 Å². The van der Waals surface area contributed by atoms with E-state index in [-0.39, 0.29) is 40.6 Å². The molecule has 0 saturated carbocycles. The summed E-state index contributed by atoms with van der Waals surface area (Å²) in [6, 6.07) is 1.49. The van der Waals surface area contributed by atoms with Crippen LogP contribution < -0.4 is 9.47 Å². The molecule has 1 atom stereocenters. The number of ether oxygens (including phenoxy) is 3. The molecule has 0 aromatic heterocycles. The maximum atomic E-state index is 12.5. The zero-order chi connectivity index (χ0) is 18.3. The molecular formula is C18H16O7. The second kappa shape index (κ2) is 6.08. The maximum Gasteiger partial charge on any atom is 0.221 e. The monoisotopic (exact) mass is 344 g/mol. The molecule has 0 spiro atoms. The Morgan fingerprint density at radius 1 is 1.12 bits per heavy atom. The first-order chi connectivity index (χ1) is 11.9. The molecule has 1 aromatic carbocycles. The first-order valence-electron chi connectivity index (χ1n) is 7.53. The van der Waals surface area contributed by atoms with Gasteiger partial charge in [-0.25, -0.2) is 0 Å². The summed E-state index contributed by atoms with van der Waals surface area (Å²) in [6.07, 6.45) is 1.12. The van der Waals surface area contributed by atoms with Gasteiger partial charge in [0.2, 0.25) is 5.78 Å². The van der Waals surface area contributed by atoms with Gasteiger partial charge < -0.3 is 19.3 Å². The largest absolute Gasteiger partial charge is 0.507 e. The third-order valence-corrected chi connectivity index (χ3v) is 4.25. The highest BCUT2D eigenvalue weighted by molar-refractivity contribution is 6.20. The number of carbonyl (C=O) groups excluding carboxylic acids is 3. The lowest BCUT2D eigenvalue weighted by molar-refractivity contribution is -0.117. The van der Waals surface area contributed by atoms with Gasteiger partial charge in [-0.2, -0.15) is 0 Å². The van der Waals surface area contributed by atoms with Gasteiger partial charge in [-0.3, -0.25) is 14.4 Å². The van der Waals surface area contributed by atoms with Gasteiger partial charge in [0.25, 0.3) is 0 Å². The molecule has 1 aliphatic carbocycles. The van der Waals surface area contributed by atoms with Crippen LogP contribution in [0.5, 0.6) is 17.2 Å². The highest BCUT2D eigenvalue weighted by Crippen LogP contribution is 2.42. The summed E-state index contributed by atoms with van der Waals surface area (Å²) in [5.41, 5.74) is 0.550. The third-order valence-electron chi connectivity index (χ3n) is 4.25. The van der Waals surface area contributed by atoms with Gasteiger partial charge in [-0.15, -0.1) is 0 Å². The molecule has 1 heterocycles. The van der Waals surface area contributed by atoms with E-state index in [1.165, 1.54) is 20.3 Å². The number of phenols is 1. The number of allylic oxidation sites excluding steroid dienone is 2. The fourth-order valence-electron chi connectivity index (χ4n) is 2.90. The minimum atomic E-state index is -0.919. The molecule has 2 aliphatic rings. The van der Waals surface area contributed by atoms with Crippen LogP contribution in [0.4, 0.5) is 0 Å². The minimum absolute atomic E-state index is 0.0536. The van der Waals surface area contributed by atoms with Gasteiger partial charge in [-0.1, -0.05) is 0 Å². The van der Waals surface area contributed by atoms with Crippen molar-refractivity contribution >= 4 is 17.3 Å². The number of methoxy groups -OCH3 is 2. The Morgan fingerprint density at radius 2 is 1.84 bits per heavy atom. The Kier molecular flexibility index (Phi) is 4.08. The molecule has 0 saturated heterocycles. The summed E-state index contributed by atoms with van der Waals surface area (Å²) < 4.78 is 15.7. The number of ketones is 3. The van der Waals surface area contributed by atoms with Crippen LogP contribution in [0.1, 0.15) is 22.3 Å². The molecule has 25 heavy (non-hydrogen) atoms. The van der Waals surface area contributed by atoms with Crippen LogP contribution in [-0.2, 0) is 14.3 Å². The van der Waals surface area contributed by atoms with Crippen molar-refractivity contribution in [3.05, 3.63) is 40.7 Å². The minimum Gasteiger partial charge on any atom is -0.507 e. The summed E-state index contributed by atoms with van der Waals surface area (Å²) in [6.45, 7) is 1.62. The Hall–Kier alpha value is -3.09. The molecule has 130 valence electrons. The average molecular weight is 344 g/mol. The van der Waals surface area contributed by atoms with E-state index in [1.54, 1.807) is 6.92 Å². The van der Waals surface area contributed by atoms with Crippen LogP contribution in [0, 0.1) is 6.92 Å². The molecule has 1 aliphatic heterocycles. The van der Waals surface area contributed by atoms with Crippen LogP contribution in [-0.4, -0.2) is 42.8 Å². The summed E-state index contributed by atoms with van der Waals surface area (Å²) in [5.74, 6) is -1.11. The number of hydrogen-bond donors (Lipinski definition) is 1. The predicted octanol–water partition coefficient (Wildman–Crippen LogP) is 1.65. The van der Waals surface area contributed by atoms with Gasteiger partial charge in [0.1, 0.15) is 28.9 Å². The lowest BCUT2D eigenvalue weighted by Crippen LogP contribution is -2.33. The van der Waals surface area contributed by atoms with Gasteiger partial charge in [0.05, 0.1) is 20.6 Å². The van der Waals surface area contributed by atoms with Crippen molar-refractivity contribution in [2.24, 2.45) is 0 Å². The summed E-state index contributed by atoms with van der Waals surface area (Å²) in [4.78, 5) is 36.6. The Labute approximate surface area is 143 Å². The van der Waals surface area contributed by atoms with Crippen LogP contribution in [0.2, 0.25) is 0 Å². The van der Waals surface area contributed by atoms with Gasteiger partial charge in [0.15, 0.2) is 17.3 Å². The molecule has 1 aromatic rings. The quantitative estimate of drug-likeness (QED) is 0.832. The van der Waals surface area contributed by atoms with Crippen LogP contribution in [0.3, 0.4) is 0 Å². The molecule has 0 fully saturated rings. The number of Topliss-reactive ketones (excluding diaryl/α,β-unsaturated/α-hetero) is 1. The second-order valence-electron chi connectivity index (χ2n) is 5.70. The molecule has 1 N–H and O–H groups in total. The number of carbonyl (C=O) groups is 3. The SMILES string of the molecule is COC1=CC(=O)C([C@H]2CC(=O)c3c(cc(OC)c(C)c3O)O2)=CC1=O. The van der Waals surface area contributed by atoms with E-state index in [0.717, 1.165) is 12.2 Å². The lowest BCUT2D eigenvalue weighted by atomic mass is 9.90. The molecule has 7 nitrogen and oxygen atoms in total. The van der Waals surface area contributed by atoms with Crippen molar-refractivity contribution in [2.75, 3.05) is 14.2 Å². The number of benzene rings is 1. The van der Waals surface area contributed by atoms with E-state index in [9.17, 15) is 19.5 Å². The number of fused-ring (bicyclic) bond motifs is 1. The molecule has 0 radical (unpaired) electrons. The van der Waals surface area contributed by atoms with Crippen molar-refractivity contribution in [1.82, 2.24) is 0 Å². The third kappa shape index (κ3) is 2.67. The second-order valence-corrected chi connectivity index (χ2v) is 5.70. The Bertz CT molecular complexity index is 861. The Balaban J connectivity index is 2.00. The van der Waals surface area contributed by atoms with E-state index in [1.807, 2.05) is 0 Å². The zero-order valence-corrected chi connectivity index (χ0v) is 13.9. The van der Waals surface area contributed by atoms with E-state index in [0.29, 0.717) is 11.3 Å². The van der Waals surface area contributed by atoms with Crippen molar-refractivity contribution < 1.29 is 33.7 Å². The lowest BCUT2D eigenvalue weighted by Gasteiger charge is -2.28. The molecule has 0 unspecified atom stereocenters. The first kappa shape index (κ1) is 16.8. The fraction of sp³-hybridized carbons (Fsp3) is 0.278. The van der Waals surface area contributed by atoms with Crippen LogP contribution in [0.25, 0.3) is 0 Å². The van der Waals surface area contributed by atoms with E-state index < -0.39 is 17.7 Å². The number of hydrogen-bond acceptors (Lipinski definition) is 7. The smallest absolute Gasteiger partial charge is 0.221 e. The topological polar surface area (TPSA) is 99.1 Å². The number of phenolic OH excluding ortho intramolecular Hbond substituents is 1. The van der Waals surface area contributed by atoms with Crippen molar-refractivity contribution in [3.63, 3.8) is 0 Å². The molecule has 7 heteroatoms. The van der Waals surface area contributed by atoms with Crippen molar-refractivity contribution in [1.29, 1.82) is 0 Å². The molecule has 0 amide bonds. The highest BCUT2D eigenvalue weighted by atomic mass is 16.5.